The van der Waals surface area contributed by atoms with Gasteiger partial charge in [-0.3, -0.25) is 9.78 Å². The van der Waals surface area contributed by atoms with E-state index in [2.05, 4.69) is 9.97 Å². The van der Waals surface area contributed by atoms with Crippen molar-refractivity contribution in [3.05, 3.63) is 18.1 Å². The van der Waals surface area contributed by atoms with Crippen LogP contribution in [0.1, 0.15) is 45.7 Å². The summed E-state index contributed by atoms with van der Waals surface area (Å²) in [4.78, 5) is 19.5. The Labute approximate surface area is 107 Å². The molecule has 1 N–H and O–H groups in total. The number of ether oxygens (including phenoxy) is 1. The minimum atomic E-state index is -0.875. The van der Waals surface area contributed by atoms with Gasteiger partial charge in [0.1, 0.15) is 5.92 Å². The highest BCUT2D eigenvalue weighted by Crippen LogP contribution is 2.23. The molecule has 0 saturated carbocycles. The molecule has 1 unspecified atom stereocenters. The summed E-state index contributed by atoms with van der Waals surface area (Å²) in [6, 6.07) is 0. The summed E-state index contributed by atoms with van der Waals surface area (Å²) in [5.41, 5.74) is 0.453. The largest absolute Gasteiger partial charge is 0.481 e. The summed E-state index contributed by atoms with van der Waals surface area (Å²) in [6.45, 7) is 7.74. The summed E-state index contributed by atoms with van der Waals surface area (Å²) >= 11 is 0. The van der Waals surface area contributed by atoms with E-state index >= 15 is 0 Å². The molecule has 1 aromatic heterocycles. The topological polar surface area (TPSA) is 72.3 Å². The normalized spacial score (nSPS) is 12.8. The zero-order valence-corrected chi connectivity index (χ0v) is 11.3. The monoisotopic (exact) mass is 252 g/mol. The Kier molecular flexibility index (Phi) is 5.07. The van der Waals surface area contributed by atoms with Gasteiger partial charge in [0.2, 0.25) is 5.88 Å². The van der Waals surface area contributed by atoms with Crippen LogP contribution in [0.3, 0.4) is 0 Å². The fourth-order valence-corrected chi connectivity index (χ4v) is 1.65. The zero-order valence-electron chi connectivity index (χ0n) is 11.3. The summed E-state index contributed by atoms with van der Waals surface area (Å²) in [6.07, 6.45) is 3.52. The van der Waals surface area contributed by atoms with Gasteiger partial charge in [0.15, 0.2) is 0 Å². The van der Waals surface area contributed by atoms with E-state index in [1.807, 2.05) is 27.7 Å². The van der Waals surface area contributed by atoms with Crippen molar-refractivity contribution in [2.75, 3.05) is 0 Å². The van der Waals surface area contributed by atoms with Gasteiger partial charge in [0.25, 0.3) is 0 Å². The molecule has 1 atom stereocenters. The maximum absolute atomic E-state index is 11.3. The number of aliphatic carboxylic acids is 1. The van der Waals surface area contributed by atoms with E-state index in [0.717, 1.165) is 0 Å². The van der Waals surface area contributed by atoms with Gasteiger partial charge in [-0.05, 0) is 26.2 Å². The second kappa shape index (κ2) is 6.33. The lowest BCUT2D eigenvalue weighted by Crippen LogP contribution is -2.17. The molecule has 100 valence electrons. The molecule has 0 saturated heterocycles. The molecule has 0 aliphatic heterocycles. The first-order valence-electron chi connectivity index (χ1n) is 6.11. The van der Waals surface area contributed by atoms with Crippen LogP contribution in [0.15, 0.2) is 12.4 Å². The van der Waals surface area contributed by atoms with Crippen LogP contribution in [0.2, 0.25) is 0 Å². The van der Waals surface area contributed by atoms with Crippen molar-refractivity contribution in [3.8, 4) is 5.88 Å². The van der Waals surface area contributed by atoms with E-state index in [1.54, 1.807) is 0 Å². The number of aromatic nitrogens is 2. The van der Waals surface area contributed by atoms with Gasteiger partial charge in [-0.25, -0.2) is 4.98 Å². The Morgan fingerprint density at radius 1 is 1.33 bits per heavy atom. The number of carbonyl (C=O) groups is 1. The van der Waals surface area contributed by atoms with Crippen LogP contribution < -0.4 is 4.74 Å². The molecule has 5 nitrogen and oxygen atoms in total. The molecule has 0 aliphatic carbocycles. The molecule has 0 spiro atoms. The Balaban J connectivity index is 2.94. The first-order chi connectivity index (χ1) is 8.40. The molecule has 1 rings (SSSR count). The minimum absolute atomic E-state index is 0.0112. The van der Waals surface area contributed by atoms with Crippen molar-refractivity contribution in [1.29, 1.82) is 0 Å². The summed E-state index contributed by atoms with van der Waals surface area (Å²) in [7, 11) is 0. The Bertz CT molecular complexity index is 405. The van der Waals surface area contributed by atoms with Gasteiger partial charge >= 0.3 is 5.97 Å². The van der Waals surface area contributed by atoms with Gasteiger partial charge in [-0.15, -0.1) is 0 Å². The van der Waals surface area contributed by atoms with Crippen LogP contribution in [-0.2, 0) is 4.79 Å². The number of hydrogen-bond donors (Lipinski definition) is 1. The van der Waals surface area contributed by atoms with Gasteiger partial charge in [0.05, 0.1) is 18.0 Å². The maximum Gasteiger partial charge on any atom is 0.312 e. The van der Waals surface area contributed by atoms with Gasteiger partial charge in [-0.2, -0.15) is 0 Å². The van der Waals surface area contributed by atoms with E-state index in [1.165, 1.54) is 12.4 Å². The first-order valence-corrected chi connectivity index (χ1v) is 6.11. The smallest absolute Gasteiger partial charge is 0.312 e. The molecular formula is C13H20N2O3. The predicted molar refractivity (Wildman–Crippen MR) is 67.6 cm³/mol. The molecule has 1 aromatic rings. The molecule has 1 heterocycles. The van der Waals surface area contributed by atoms with Crippen molar-refractivity contribution >= 4 is 5.97 Å². The lowest BCUT2D eigenvalue weighted by Gasteiger charge is -2.15. The van der Waals surface area contributed by atoms with Gasteiger partial charge in [0, 0.05) is 6.20 Å². The van der Waals surface area contributed by atoms with Crippen molar-refractivity contribution in [1.82, 2.24) is 9.97 Å². The molecule has 0 bridgehead atoms. The first kappa shape index (κ1) is 14.4. The molecule has 0 aromatic carbocycles. The van der Waals surface area contributed by atoms with E-state index in [9.17, 15) is 9.90 Å². The third kappa shape index (κ3) is 4.31. The summed E-state index contributed by atoms with van der Waals surface area (Å²) in [5.74, 6) is -0.854. The standard InChI is InChI=1S/C13H20N2O3/c1-8(2)5-10(13(16)17)11-6-14-7-12(15-11)18-9(3)4/h6-10H,5H2,1-4H3,(H,16,17). The average Bonchev–Trinajstić information content (AvgIpc) is 2.24. The van der Waals surface area contributed by atoms with E-state index in [0.29, 0.717) is 18.0 Å². The average molecular weight is 252 g/mol. The van der Waals surface area contributed by atoms with Crippen LogP contribution in [0.25, 0.3) is 0 Å². The molecule has 0 aliphatic rings. The third-order valence-corrected chi connectivity index (χ3v) is 2.35. The van der Waals surface area contributed by atoms with Crippen molar-refractivity contribution in [2.45, 2.75) is 46.1 Å². The molecule has 0 fully saturated rings. The third-order valence-electron chi connectivity index (χ3n) is 2.35. The lowest BCUT2D eigenvalue weighted by molar-refractivity contribution is -0.139. The van der Waals surface area contributed by atoms with Crippen LogP contribution in [0, 0.1) is 5.92 Å². The Hall–Kier alpha value is -1.65. The highest BCUT2D eigenvalue weighted by atomic mass is 16.5. The Morgan fingerprint density at radius 2 is 2.00 bits per heavy atom. The van der Waals surface area contributed by atoms with E-state index in [-0.39, 0.29) is 12.0 Å². The fourth-order valence-electron chi connectivity index (χ4n) is 1.65. The van der Waals surface area contributed by atoms with Crippen molar-refractivity contribution in [2.24, 2.45) is 5.92 Å². The van der Waals surface area contributed by atoms with Gasteiger partial charge in [-0.1, -0.05) is 13.8 Å². The minimum Gasteiger partial charge on any atom is -0.481 e. The van der Waals surface area contributed by atoms with Crippen LogP contribution in [0.5, 0.6) is 5.88 Å². The maximum atomic E-state index is 11.3. The van der Waals surface area contributed by atoms with Gasteiger partial charge < -0.3 is 9.84 Å². The SMILES string of the molecule is CC(C)CC(C(=O)O)c1cncc(OC(C)C)n1. The molecule has 18 heavy (non-hydrogen) atoms. The number of hydrogen-bond acceptors (Lipinski definition) is 4. The summed E-state index contributed by atoms with van der Waals surface area (Å²) < 4.78 is 5.42. The fraction of sp³-hybridized carbons (Fsp3) is 0.615. The van der Waals surface area contributed by atoms with Crippen LogP contribution in [-0.4, -0.2) is 27.1 Å². The second-order valence-corrected chi connectivity index (χ2v) is 4.97. The quantitative estimate of drug-likeness (QED) is 0.842. The van der Waals surface area contributed by atoms with Crippen molar-refractivity contribution < 1.29 is 14.6 Å². The molecule has 0 radical (unpaired) electrons. The second-order valence-electron chi connectivity index (χ2n) is 4.97. The number of carboxylic acids is 1. The molecule has 0 amide bonds. The number of nitrogens with zero attached hydrogens (tertiary/aromatic N) is 2. The molecule has 5 heteroatoms. The van der Waals surface area contributed by atoms with Crippen LogP contribution in [0.4, 0.5) is 0 Å². The van der Waals surface area contributed by atoms with Crippen LogP contribution >= 0.6 is 0 Å². The highest BCUT2D eigenvalue weighted by Gasteiger charge is 2.23. The van der Waals surface area contributed by atoms with Crippen molar-refractivity contribution in [3.63, 3.8) is 0 Å². The Morgan fingerprint density at radius 3 is 2.50 bits per heavy atom. The number of carboxylic acid groups (broad SMARTS) is 1. The lowest BCUT2D eigenvalue weighted by atomic mass is 9.94. The summed E-state index contributed by atoms with van der Waals surface area (Å²) in [5, 5.41) is 9.24. The highest BCUT2D eigenvalue weighted by molar-refractivity contribution is 5.75. The molecular weight excluding hydrogens is 232 g/mol. The van der Waals surface area contributed by atoms with E-state index < -0.39 is 11.9 Å². The van der Waals surface area contributed by atoms with E-state index in [4.69, 9.17) is 4.74 Å². The zero-order chi connectivity index (χ0) is 13.7. The number of rotatable bonds is 6. The predicted octanol–water partition coefficient (Wildman–Crippen LogP) is 2.48.